The Hall–Kier alpha value is -4.46. The summed E-state index contributed by atoms with van der Waals surface area (Å²) in [5, 5.41) is 22.0. The largest absolute Gasteiger partial charge is 0.478 e. The van der Waals surface area contributed by atoms with E-state index in [0.717, 1.165) is 28.1 Å². The Labute approximate surface area is 183 Å². The summed E-state index contributed by atoms with van der Waals surface area (Å²) in [6, 6.07) is 18.7. The van der Waals surface area contributed by atoms with Gasteiger partial charge in [-0.25, -0.2) is 19.0 Å². The zero-order chi connectivity index (χ0) is 22.2. The van der Waals surface area contributed by atoms with Crippen molar-refractivity contribution >= 4 is 23.1 Å². The smallest absolute Gasteiger partial charge is 0.337 e. The highest BCUT2D eigenvalue weighted by atomic mass is 16.4. The maximum atomic E-state index is 11.8. The number of aromatic carboxylic acids is 1. The zero-order valence-corrected chi connectivity index (χ0v) is 17.5. The summed E-state index contributed by atoms with van der Waals surface area (Å²) in [6.07, 6.45) is 3.35. The molecule has 0 aliphatic rings. The number of aryl methyl sites for hydroxylation is 2. The molecule has 3 aromatic heterocycles. The van der Waals surface area contributed by atoms with Gasteiger partial charge in [0.25, 0.3) is 0 Å². The van der Waals surface area contributed by atoms with E-state index in [9.17, 15) is 9.90 Å². The first-order valence-corrected chi connectivity index (χ1v) is 10.1. The number of hydrogen-bond acceptors (Lipinski definition) is 5. The molecule has 0 aliphatic heterocycles. The zero-order valence-electron chi connectivity index (χ0n) is 17.5. The van der Waals surface area contributed by atoms with Crippen LogP contribution in [-0.2, 0) is 0 Å². The molecule has 0 amide bonds. The maximum absolute atomic E-state index is 11.8. The van der Waals surface area contributed by atoms with Crippen molar-refractivity contribution in [3.8, 4) is 16.8 Å². The molecule has 0 spiro atoms. The number of carbonyl (C=O) groups is 1. The predicted octanol–water partition coefficient (Wildman–Crippen LogP) is 4.64. The lowest BCUT2D eigenvalue weighted by Crippen LogP contribution is -2.08. The van der Waals surface area contributed by atoms with Gasteiger partial charge in [-0.2, -0.15) is 10.2 Å². The fourth-order valence-corrected chi connectivity index (χ4v) is 3.84. The molecule has 8 heteroatoms. The Bertz CT molecular complexity index is 1470. The lowest BCUT2D eigenvalue weighted by molar-refractivity contribution is 0.0698. The Kier molecular flexibility index (Phi) is 4.67. The van der Waals surface area contributed by atoms with Gasteiger partial charge in [-0.1, -0.05) is 30.3 Å². The number of nitrogens with one attached hydrogen (secondary N) is 1. The normalized spacial score (nSPS) is 11.1. The summed E-state index contributed by atoms with van der Waals surface area (Å²) in [5.74, 6) is -0.326. The third-order valence-electron chi connectivity index (χ3n) is 5.38. The Morgan fingerprint density at radius 3 is 2.62 bits per heavy atom. The first-order chi connectivity index (χ1) is 15.5. The topological polar surface area (TPSA) is 97.3 Å². The molecule has 5 aromatic rings. The Morgan fingerprint density at radius 2 is 1.81 bits per heavy atom. The third kappa shape index (κ3) is 3.27. The SMILES string of the molecule is Cc1ccccc1-n1nc(C)c(-c2ccn3ncnc3c2)c1Nc1ccccc1C(=O)O. The maximum Gasteiger partial charge on any atom is 0.337 e. The summed E-state index contributed by atoms with van der Waals surface area (Å²) in [6.45, 7) is 3.95. The van der Waals surface area contributed by atoms with E-state index >= 15 is 0 Å². The molecule has 0 saturated heterocycles. The van der Waals surface area contributed by atoms with Gasteiger partial charge in [0.1, 0.15) is 12.1 Å². The van der Waals surface area contributed by atoms with E-state index < -0.39 is 5.97 Å². The molecule has 0 unspecified atom stereocenters. The van der Waals surface area contributed by atoms with Crippen molar-refractivity contribution in [3.05, 3.63) is 90.0 Å². The molecule has 3 heterocycles. The number of rotatable bonds is 5. The second kappa shape index (κ2) is 7.66. The Balaban J connectivity index is 1.75. The van der Waals surface area contributed by atoms with Crippen LogP contribution >= 0.6 is 0 Å². The van der Waals surface area contributed by atoms with Gasteiger partial charge >= 0.3 is 5.97 Å². The number of nitrogens with zero attached hydrogens (tertiary/aromatic N) is 5. The summed E-state index contributed by atoms with van der Waals surface area (Å²) < 4.78 is 3.52. The second-order valence-corrected chi connectivity index (χ2v) is 7.46. The van der Waals surface area contributed by atoms with Crippen LogP contribution in [0.15, 0.2) is 73.2 Å². The van der Waals surface area contributed by atoms with E-state index in [-0.39, 0.29) is 5.56 Å². The summed E-state index contributed by atoms with van der Waals surface area (Å²) in [4.78, 5) is 16.1. The molecular weight excluding hydrogens is 404 g/mol. The number of fused-ring (bicyclic) bond motifs is 1. The predicted molar refractivity (Wildman–Crippen MR) is 122 cm³/mol. The monoisotopic (exact) mass is 424 g/mol. The van der Waals surface area contributed by atoms with Gasteiger partial charge in [0.2, 0.25) is 0 Å². The number of anilines is 2. The van der Waals surface area contributed by atoms with Crippen LogP contribution in [0.5, 0.6) is 0 Å². The number of hydrogen-bond donors (Lipinski definition) is 2. The summed E-state index contributed by atoms with van der Waals surface area (Å²) in [5.41, 5.74) is 5.89. The van der Waals surface area contributed by atoms with E-state index in [1.807, 2.05) is 61.1 Å². The highest BCUT2D eigenvalue weighted by Gasteiger charge is 2.21. The number of benzene rings is 2. The van der Waals surface area contributed by atoms with E-state index in [2.05, 4.69) is 15.4 Å². The van der Waals surface area contributed by atoms with Crippen LogP contribution < -0.4 is 5.32 Å². The highest BCUT2D eigenvalue weighted by molar-refractivity contribution is 5.96. The van der Waals surface area contributed by atoms with Gasteiger partial charge in [0, 0.05) is 11.8 Å². The molecule has 0 atom stereocenters. The standard InChI is InChI=1S/C24H20N6O2/c1-15-7-3-6-10-20(15)30-23(27-19-9-5-4-8-18(19)24(31)32)22(16(2)28-30)17-11-12-29-21(13-17)25-14-26-29/h3-14,27H,1-2H3,(H,31,32). The number of pyridine rings is 1. The van der Waals surface area contributed by atoms with E-state index in [0.29, 0.717) is 17.2 Å². The fourth-order valence-electron chi connectivity index (χ4n) is 3.84. The number of carboxylic acids is 1. The molecule has 0 saturated carbocycles. The lowest BCUT2D eigenvalue weighted by atomic mass is 10.1. The molecule has 2 aromatic carbocycles. The van der Waals surface area contributed by atoms with E-state index in [1.54, 1.807) is 28.8 Å². The fraction of sp³-hybridized carbons (Fsp3) is 0.0833. The molecular formula is C24H20N6O2. The second-order valence-electron chi connectivity index (χ2n) is 7.46. The minimum Gasteiger partial charge on any atom is -0.478 e. The van der Waals surface area contributed by atoms with Crippen molar-refractivity contribution < 1.29 is 9.90 Å². The molecule has 32 heavy (non-hydrogen) atoms. The molecule has 0 fully saturated rings. The molecule has 5 rings (SSSR count). The van der Waals surface area contributed by atoms with Crippen LogP contribution in [0.1, 0.15) is 21.6 Å². The first kappa shape index (κ1) is 19.5. The van der Waals surface area contributed by atoms with Gasteiger partial charge in [-0.3, -0.25) is 0 Å². The average molecular weight is 424 g/mol. The van der Waals surface area contributed by atoms with E-state index in [4.69, 9.17) is 5.10 Å². The number of carboxylic acid groups (broad SMARTS) is 1. The van der Waals surface area contributed by atoms with Crippen molar-refractivity contribution in [1.82, 2.24) is 24.4 Å². The summed E-state index contributed by atoms with van der Waals surface area (Å²) >= 11 is 0. The highest BCUT2D eigenvalue weighted by Crippen LogP contribution is 2.36. The number of aromatic nitrogens is 5. The minimum absolute atomic E-state index is 0.182. The molecule has 8 nitrogen and oxygen atoms in total. The van der Waals surface area contributed by atoms with E-state index in [1.165, 1.54) is 6.33 Å². The van der Waals surface area contributed by atoms with Crippen LogP contribution in [0.3, 0.4) is 0 Å². The summed E-state index contributed by atoms with van der Waals surface area (Å²) in [7, 11) is 0. The molecule has 0 aliphatic carbocycles. The molecule has 0 bridgehead atoms. The van der Waals surface area contributed by atoms with Gasteiger partial charge in [0.05, 0.1) is 22.6 Å². The average Bonchev–Trinajstić information content (AvgIpc) is 3.38. The van der Waals surface area contributed by atoms with Crippen molar-refractivity contribution in [2.45, 2.75) is 13.8 Å². The lowest BCUT2D eigenvalue weighted by Gasteiger charge is -2.15. The van der Waals surface area contributed by atoms with Crippen LogP contribution in [0.25, 0.3) is 22.5 Å². The first-order valence-electron chi connectivity index (χ1n) is 10.1. The van der Waals surface area contributed by atoms with Gasteiger partial charge < -0.3 is 10.4 Å². The van der Waals surface area contributed by atoms with Crippen molar-refractivity contribution in [1.29, 1.82) is 0 Å². The van der Waals surface area contributed by atoms with Crippen LogP contribution in [0, 0.1) is 13.8 Å². The molecule has 2 N–H and O–H groups in total. The molecule has 0 radical (unpaired) electrons. The van der Waals surface area contributed by atoms with Crippen LogP contribution in [0.4, 0.5) is 11.5 Å². The van der Waals surface area contributed by atoms with Crippen LogP contribution in [-0.4, -0.2) is 35.5 Å². The Morgan fingerprint density at radius 1 is 1.03 bits per heavy atom. The van der Waals surface area contributed by atoms with Gasteiger partial charge in [0.15, 0.2) is 5.65 Å². The minimum atomic E-state index is -1.00. The van der Waals surface area contributed by atoms with Gasteiger partial charge in [-0.15, -0.1) is 0 Å². The van der Waals surface area contributed by atoms with Gasteiger partial charge in [-0.05, 0) is 55.3 Å². The quantitative estimate of drug-likeness (QED) is 0.427. The molecule has 158 valence electrons. The van der Waals surface area contributed by atoms with Crippen molar-refractivity contribution in [2.75, 3.05) is 5.32 Å². The van der Waals surface area contributed by atoms with Crippen molar-refractivity contribution in [3.63, 3.8) is 0 Å². The number of para-hydroxylation sites is 2. The third-order valence-corrected chi connectivity index (χ3v) is 5.38. The van der Waals surface area contributed by atoms with Crippen LogP contribution in [0.2, 0.25) is 0 Å². The van der Waals surface area contributed by atoms with Crippen molar-refractivity contribution in [2.24, 2.45) is 0 Å².